The number of rotatable bonds is 5. The Balaban J connectivity index is 1.52. The van der Waals surface area contributed by atoms with E-state index in [2.05, 4.69) is 0 Å². The molecule has 1 saturated heterocycles. The van der Waals surface area contributed by atoms with Gasteiger partial charge in [0.25, 0.3) is 0 Å². The summed E-state index contributed by atoms with van der Waals surface area (Å²) in [6, 6.07) is 7.77. The van der Waals surface area contributed by atoms with E-state index in [1.807, 2.05) is 29.2 Å². The van der Waals surface area contributed by atoms with Crippen molar-refractivity contribution in [3.05, 3.63) is 29.8 Å². The van der Waals surface area contributed by atoms with Crippen LogP contribution in [0.15, 0.2) is 24.3 Å². The van der Waals surface area contributed by atoms with Crippen molar-refractivity contribution in [1.82, 2.24) is 9.80 Å². The van der Waals surface area contributed by atoms with E-state index < -0.39 is 0 Å². The second-order valence-corrected chi connectivity index (χ2v) is 6.84. The lowest BCUT2D eigenvalue weighted by atomic mass is 10.0. The maximum Gasteiger partial charge on any atom is 0.242 e. The molecule has 1 aliphatic carbocycles. The number of carbonyl (C=O) groups is 2. The fourth-order valence-electron chi connectivity index (χ4n) is 3.67. The van der Waals surface area contributed by atoms with E-state index >= 15 is 0 Å². The van der Waals surface area contributed by atoms with Crippen LogP contribution in [-0.4, -0.2) is 48.4 Å². The molecule has 24 heavy (non-hydrogen) atoms. The average molecular weight is 330 g/mol. The standard InChI is InChI=1S/C19H26N2O3/c1-24-17-8-4-7-16(11-17)13-20-9-10-21(14-19(20)23)18(22)12-15-5-2-3-6-15/h4,7-8,11,15H,2-3,5-6,9-10,12-14H2,1H3. The Morgan fingerprint density at radius 1 is 1.25 bits per heavy atom. The third-order valence-corrected chi connectivity index (χ3v) is 5.12. The van der Waals surface area contributed by atoms with Crippen LogP contribution in [0.4, 0.5) is 0 Å². The SMILES string of the molecule is COc1cccc(CN2CCN(C(=O)CC3CCCC3)CC2=O)c1. The molecule has 2 aliphatic rings. The van der Waals surface area contributed by atoms with Gasteiger partial charge in [0.05, 0.1) is 13.7 Å². The summed E-state index contributed by atoms with van der Waals surface area (Å²) >= 11 is 0. The van der Waals surface area contributed by atoms with E-state index in [0.29, 0.717) is 32.0 Å². The first-order chi connectivity index (χ1) is 11.7. The van der Waals surface area contributed by atoms with Crippen molar-refractivity contribution >= 4 is 11.8 Å². The number of nitrogens with zero attached hydrogens (tertiary/aromatic N) is 2. The van der Waals surface area contributed by atoms with Crippen molar-refractivity contribution in [2.24, 2.45) is 5.92 Å². The topological polar surface area (TPSA) is 49.9 Å². The molecule has 0 unspecified atom stereocenters. The van der Waals surface area contributed by atoms with Crippen molar-refractivity contribution in [2.75, 3.05) is 26.7 Å². The Morgan fingerprint density at radius 3 is 2.75 bits per heavy atom. The molecule has 3 rings (SSSR count). The quantitative estimate of drug-likeness (QED) is 0.833. The molecule has 130 valence electrons. The minimum atomic E-state index is 0.0313. The van der Waals surface area contributed by atoms with E-state index in [1.54, 1.807) is 12.0 Å². The van der Waals surface area contributed by atoms with Crippen LogP contribution in [0.1, 0.15) is 37.7 Å². The van der Waals surface area contributed by atoms with Crippen molar-refractivity contribution in [2.45, 2.75) is 38.6 Å². The molecule has 0 spiro atoms. The second kappa shape index (κ2) is 7.69. The van der Waals surface area contributed by atoms with Gasteiger partial charge >= 0.3 is 0 Å². The predicted molar refractivity (Wildman–Crippen MR) is 91.6 cm³/mol. The summed E-state index contributed by atoms with van der Waals surface area (Å²) in [5, 5.41) is 0. The Kier molecular flexibility index (Phi) is 5.38. The summed E-state index contributed by atoms with van der Waals surface area (Å²) in [6.07, 6.45) is 5.42. The number of piperazine rings is 1. The van der Waals surface area contributed by atoms with E-state index in [9.17, 15) is 9.59 Å². The van der Waals surface area contributed by atoms with E-state index in [1.165, 1.54) is 12.8 Å². The van der Waals surface area contributed by atoms with Gasteiger partial charge in [-0.3, -0.25) is 9.59 Å². The van der Waals surface area contributed by atoms with Gasteiger partial charge < -0.3 is 14.5 Å². The van der Waals surface area contributed by atoms with Crippen LogP contribution in [0.5, 0.6) is 5.75 Å². The number of hydrogen-bond acceptors (Lipinski definition) is 3. The summed E-state index contributed by atoms with van der Waals surface area (Å²) < 4.78 is 5.23. The van der Waals surface area contributed by atoms with Crippen molar-refractivity contribution in [1.29, 1.82) is 0 Å². The molecule has 0 radical (unpaired) electrons. The highest BCUT2D eigenvalue weighted by molar-refractivity contribution is 5.86. The molecule has 0 aromatic heterocycles. The molecular formula is C19H26N2O3. The molecule has 0 atom stereocenters. The minimum absolute atomic E-state index is 0.0313. The molecule has 1 aromatic rings. The maximum absolute atomic E-state index is 12.4. The van der Waals surface area contributed by atoms with Crippen molar-refractivity contribution in [3.63, 3.8) is 0 Å². The van der Waals surface area contributed by atoms with E-state index in [-0.39, 0.29) is 18.4 Å². The van der Waals surface area contributed by atoms with Gasteiger partial charge in [-0.1, -0.05) is 25.0 Å². The molecule has 2 fully saturated rings. The third-order valence-electron chi connectivity index (χ3n) is 5.12. The zero-order valence-corrected chi connectivity index (χ0v) is 14.4. The van der Waals surface area contributed by atoms with Gasteiger partial charge in [-0.25, -0.2) is 0 Å². The maximum atomic E-state index is 12.4. The van der Waals surface area contributed by atoms with Gasteiger partial charge in [0.2, 0.25) is 11.8 Å². The molecule has 5 nitrogen and oxygen atoms in total. The molecule has 1 aromatic carbocycles. The zero-order valence-electron chi connectivity index (χ0n) is 14.4. The molecule has 5 heteroatoms. The minimum Gasteiger partial charge on any atom is -0.497 e. The largest absolute Gasteiger partial charge is 0.497 e. The van der Waals surface area contributed by atoms with Crippen LogP contribution in [0, 0.1) is 5.92 Å². The predicted octanol–water partition coefficient (Wildman–Crippen LogP) is 2.45. The first-order valence-corrected chi connectivity index (χ1v) is 8.84. The number of methoxy groups -OCH3 is 1. The van der Waals surface area contributed by atoms with Crippen LogP contribution in [-0.2, 0) is 16.1 Å². The molecule has 0 bridgehead atoms. The van der Waals surface area contributed by atoms with Crippen LogP contribution < -0.4 is 4.74 Å². The number of benzene rings is 1. The molecule has 1 heterocycles. The van der Waals surface area contributed by atoms with Crippen LogP contribution in [0.25, 0.3) is 0 Å². The molecule has 2 amide bonds. The zero-order chi connectivity index (χ0) is 16.9. The smallest absolute Gasteiger partial charge is 0.242 e. The summed E-state index contributed by atoms with van der Waals surface area (Å²) in [6.45, 7) is 2.03. The first kappa shape index (κ1) is 16.8. The molecule has 1 saturated carbocycles. The third kappa shape index (κ3) is 4.08. The Labute approximate surface area is 143 Å². The molecule has 0 N–H and O–H groups in total. The van der Waals surface area contributed by atoms with Gasteiger partial charge in [0.15, 0.2) is 0 Å². The van der Waals surface area contributed by atoms with Crippen molar-refractivity contribution in [3.8, 4) is 5.75 Å². The van der Waals surface area contributed by atoms with Gasteiger partial charge in [-0.2, -0.15) is 0 Å². The summed E-state index contributed by atoms with van der Waals surface area (Å²) in [7, 11) is 1.64. The number of carbonyl (C=O) groups excluding carboxylic acids is 2. The lowest BCUT2D eigenvalue weighted by Crippen LogP contribution is -2.52. The summed E-state index contributed by atoms with van der Waals surface area (Å²) in [4.78, 5) is 28.4. The average Bonchev–Trinajstić information content (AvgIpc) is 3.10. The second-order valence-electron chi connectivity index (χ2n) is 6.84. The van der Waals surface area contributed by atoms with Gasteiger partial charge in [-0.05, 0) is 36.5 Å². The van der Waals surface area contributed by atoms with Gasteiger partial charge in [0.1, 0.15) is 5.75 Å². The number of hydrogen-bond donors (Lipinski definition) is 0. The van der Waals surface area contributed by atoms with E-state index in [0.717, 1.165) is 24.2 Å². The fourth-order valence-corrected chi connectivity index (χ4v) is 3.67. The summed E-state index contributed by atoms with van der Waals surface area (Å²) in [5.74, 6) is 1.51. The highest BCUT2D eigenvalue weighted by atomic mass is 16.5. The van der Waals surface area contributed by atoms with E-state index in [4.69, 9.17) is 4.74 Å². The van der Waals surface area contributed by atoms with Crippen LogP contribution >= 0.6 is 0 Å². The van der Waals surface area contributed by atoms with Gasteiger partial charge in [0, 0.05) is 26.1 Å². The Bertz CT molecular complexity index is 596. The highest BCUT2D eigenvalue weighted by Gasteiger charge is 2.29. The Hall–Kier alpha value is -2.04. The molecule has 1 aliphatic heterocycles. The fraction of sp³-hybridized carbons (Fsp3) is 0.579. The molecular weight excluding hydrogens is 304 g/mol. The number of amides is 2. The van der Waals surface area contributed by atoms with Crippen LogP contribution in [0.3, 0.4) is 0 Å². The summed E-state index contributed by atoms with van der Waals surface area (Å²) in [5.41, 5.74) is 1.05. The highest BCUT2D eigenvalue weighted by Crippen LogP contribution is 2.28. The normalized spacial score (nSPS) is 19.0. The lowest BCUT2D eigenvalue weighted by Gasteiger charge is -2.35. The van der Waals surface area contributed by atoms with Gasteiger partial charge in [-0.15, -0.1) is 0 Å². The Morgan fingerprint density at radius 2 is 2.04 bits per heavy atom. The van der Waals surface area contributed by atoms with Crippen molar-refractivity contribution < 1.29 is 14.3 Å². The number of ether oxygens (including phenoxy) is 1. The lowest BCUT2D eigenvalue weighted by molar-refractivity contribution is -0.146. The first-order valence-electron chi connectivity index (χ1n) is 8.84. The van der Waals surface area contributed by atoms with Crippen LogP contribution in [0.2, 0.25) is 0 Å². The monoisotopic (exact) mass is 330 g/mol.